The minimum absolute atomic E-state index is 0.104. The van der Waals surface area contributed by atoms with Gasteiger partial charge in [-0.1, -0.05) is 18.2 Å². The molecule has 4 rings (SSSR count). The van der Waals surface area contributed by atoms with E-state index in [0.29, 0.717) is 6.54 Å². The monoisotopic (exact) mass is 338 g/mol. The molecule has 2 aromatic carbocycles. The van der Waals surface area contributed by atoms with Crippen LogP contribution < -0.4 is 19.7 Å². The Morgan fingerprint density at radius 2 is 1.96 bits per heavy atom. The second kappa shape index (κ2) is 6.67. The highest BCUT2D eigenvalue weighted by atomic mass is 16.5. The van der Waals surface area contributed by atoms with Crippen LogP contribution >= 0.6 is 0 Å². The summed E-state index contributed by atoms with van der Waals surface area (Å²) >= 11 is 0. The van der Waals surface area contributed by atoms with Crippen molar-refractivity contribution in [2.75, 3.05) is 31.7 Å². The Hall–Kier alpha value is -2.69. The number of hydrogen-bond acceptors (Lipinski definition) is 3. The average Bonchev–Trinajstić information content (AvgIpc) is 3.30. The highest BCUT2D eigenvalue weighted by molar-refractivity contribution is 5.91. The number of hydrogen-bond donors (Lipinski definition) is 1. The fourth-order valence-corrected chi connectivity index (χ4v) is 3.53. The first-order valence-electron chi connectivity index (χ1n) is 8.74. The van der Waals surface area contributed by atoms with Gasteiger partial charge in [-0.05, 0) is 24.6 Å². The van der Waals surface area contributed by atoms with E-state index in [0.717, 1.165) is 49.7 Å². The molecule has 2 amide bonds. The van der Waals surface area contributed by atoms with Gasteiger partial charge in [0, 0.05) is 48.8 Å². The zero-order chi connectivity index (χ0) is 17.2. The Morgan fingerprint density at radius 1 is 1.16 bits per heavy atom. The van der Waals surface area contributed by atoms with E-state index in [2.05, 4.69) is 11.4 Å². The molecule has 0 fully saturated rings. The largest absolute Gasteiger partial charge is 0.493 e. The van der Waals surface area contributed by atoms with Crippen LogP contribution in [0.2, 0.25) is 0 Å². The Kier molecular flexibility index (Phi) is 4.22. The molecule has 2 aliphatic rings. The van der Waals surface area contributed by atoms with E-state index in [4.69, 9.17) is 9.47 Å². The maximum absolute atomic E-state index is 12.4. The second-order valence-corrected chi connectivity index (χ2v) is 6.39. The lowest BCUT2D eigenvalue weighted by atomic mass is 9.97. The lowest BCUT2D eigenvalue weighted by Crippen LogP contribution is -2.38. The molecule has 0 spiro atoms. The van der Waals surface area contributed by atoms with Crippen LogP contribution in [0, 0.1) is 0 Å². The van der Waals surface area contributed by atoms with Crippen molar-refractivity contribution < 1.29 is 14.3 Å². The number of carbonyl (C=O) groups is 1. The number of ether oxygens (including phenoxy) is 2. The predicted octanol–water partition coefficient (Wildman–Crippen LogP) is 2.94. The van der Waals surface area contributed by atoms with Gasteiger partial charge in [0.05, 0.1) is 13.2 Å². The number of nitrogens with zero attached hydrogens (tertiary/aromatic N) is 1. The zero-order valence-electron chi connectivity index (χ0n) is 14.4. The Bertz CT molecular complexity index is 757. The van der Waals surface area contributed by atoms with Crippen molar-refractivity contribution in [2.24, 2.45) is 0 Å². The molecule has 2 heterocycles. The molecular formula is C20H22N2O3. The molecule has 130 valence electrons. The number of para-hydroxylation sites is 1. The van der Waals surface area contributed by atoms with E-state index < -0.39 is 0 Å². The Labute approximate surface area is 147 Å². The maximum Gasteiger partial charge on any atom is 0.321 e. The van der Waals surface area contributed by atoms with E-state index in [1.807, 2.05) is 30.3 Å². The summed E-state index contributed by atoms with van der Waals surface area (Å²) in [6, 6.07) is 11.6. The van der Waals surface area contributed by atoms with Crippen LogP contribution in [0.25, 0.3) is 0 Å². The maximum atomic E-state index is 12.4. The molecule has 0 saturated heterocycles. The molecule has 0 saturated carbocycles. The molecule has 0 aromatic heterocycles. The highest BCUT2D eigenvalue weighted by Gasteiger charge is 2.26. The molecule has 0 radical (unpaired) electrons. The smallest absolute Gasteiger partial charge is 0.321 e. The molecule has 5 nitrogen and oxygen atoms in total. The van der Waals surface area contributed by atoms with Crippen LogP contribution in [-0.4, -0.2) is 32.8 Å². The summed E-state index contributed by atoms with van der Waals surface area (Å²) in [4.78, 5) is 14.0. The van der Waals surface area contributed by atoms with Crippen LogP contribution in [0.3, 0.4) is 0 Å². The van der Waals surface area contributed by atoms with Gasteiger partial charge < -0.3 is 14.8 Å². The number of carbonyl (C=O) groups excluding carboxylic acids is 1. The second-order valence-electron chi connectivity index (χ2n) is 6.39. The minimum Gasteiger partial charge on any atom is -0.493 e. The average molecular weight is 338 g/mol. The molecule has 1 N–H and O–H groups in total. The summed E-state index contributed by atoms with van der Waals surface area (Å²) in [6.45, 7) is 2.03. The molecule has 0 bridgehead atoms. The number of nitrogens with one attached hydrogen (secondary N) is 1. The first-order valence-corrected chi connectivity index (χ1v) is 8.74. The Balaban J connectivity index is 1.43. The summed E-state index contributed by atoms with van der Waals surface area (Å²) < 4.78 is 11.6. The molecule has 0 atom stereocenters. The van der Waals surface area contributed by atoms with E-state index in [1.54, 1.807) is 11.9 Å². The topological polar surface area (TPSA) is 50.8 Å². The fourth-order valence-electron chi connectivity index (χ4n) is 3.53. The zero-order valence-corrected chi connectivity index (χ0v) is 14.4. The molecule has 0 aliphatic carbocycles. The third kappa shape index (κ3) is 3.02. The molecule has 2 aliphatic heterocycles. The first-order chi connectivity index (χ1) is 12.2. The molecule has 0 unspecified atom stereocenters. The summed E-state index contributed by atoms with van der Waals surface area (Å²) in [6.07, 6.45) is 2.60. The highest BCUT2D eigenvalue weighted by Crippen LogP contribution is 2.40. The normalized spacial score (nSPS) is 14.3. The molecule has 2 aromatic rings. The van der Waals surface area contributed by atoms with Crippen molar-refractivity contribution in [3.05, 3.63) is 53.1 Å². The van der Waals surface area contributed by atoms with Crippen molar-refractivity contribution in [3.63, 3.8) is 0 Å². The van der Waals surface area contributed by atoms with Crippen molar-refractivity contribution in [2.45, 2.75) is 19.3 Å². The van der Waals surface area contributed by atoms with Crippen LogP contribution in [0.5, 0.6) is 11.5 Å². The van der Waals surface area contributed by atoms with Crippen LogP contribution in [0.15, 0.2) is 36.4 Å². The third-order valence-corrected chi connectivity index (χ3v) is 4.86. The summed E-state index contributed by atoms with van der Waals surface area (Å²) in [5.41, 5.74) is 4.54. The van der Waals surface area contributed by atoms with Gasteiger partial charge in [0.1, 0.15) is 11.5 Å². The van der Waals surface area contributed by atoms with E-state index >= 15 is 0 Å². The number of anilines is 1. The van der Waals surface area contributed by atoms with Crippen LogP contribution in [0.1, 0.15) is 16.7 Å². The summed E-state index contributed by atoms with van der Waals surface area (Å²) in [5.74, 6) is 2.00. The van der Waals surface area contributed by atoms with E-state index in [-0.39, 0.29) is 6.03 Å². The fraction of sp³-hybridized carbons (Fsp3) is 0.350. The van der Waals surface area contributed by atoms with Gasteiger partial charge in [0.25, 0.3) is 0 Å². The third-order valence-electron chi connectivity index (χ3n) is 4.86. The standard InChI is InChI=1S/C20H22N2O3/c1-22(15-5-3-2-4-6-15)20(23)21-10-7-17-16-9-12-24-18(16)13-14-8-11-25-19(14)17/h2-6,13H,7-12H2,1H3,(H,21,23). The van der Waals surface area contributed by atoms with Gasteiger partial charge in [-0.15, -0.1) is 0 Å². The first kappa shape index (κ1) is 15.8. The number of fused-ring (bicyclic) bond motifs is 2. The van der Waals surface area contributed by atoms with Gasteiger partial charge in [-0.25, -0.2) is 4.79 Å². The minimum atomic E-state index is -0.104. The van der Waals surface area contributed by atoms with Crippen molar-refractivity contribution in [1.82, 2.24) is 5.32 Å². The summed E-state index contributed by atoms with van der Waals surface area (Å²) in [7, 11) is 1.78. The number of rotatable bonds is 4. The van der Waals surface area contributed by atoms with Crippen LogP contribution in [-0.2, 0) is 19.3 Å². The van der Waals surface area contributed by atoms with Crippen molar-refractivity contribution in [1.29, 1.82) is 0 Å². The number of amides is 2. The Morgan fingerprint density at radius 3 is 2.80 bits per heavy atom. The SMILES string of the molecule is CN(C(=O)NCCc1c2c(cc3c1OCC3)OCC2)c1ccccc1. The lowest BCUT2D eigenvalue weighted by molar-refractivity contribution is 0.247. The quantitative estimate of drug-likeness (QED) is 0.932. The van der Waals surface area contributed by atoms with E-state index in [9.17, 15) is 4.79 Å². The molecule has 25 heavy (non-hydrogen) atoms. The molecular weight excluding hydrogens is 316 g/mol. The van der Waals surface area contributed by atoms with Gasteiger partial charge >= 0.3 is 6.03 Å². The summed E-state index contributed by atoms with van der Waals surface area (Å²) in [5, 5.41) is 3.00. The van der Waals surface area contributed by atoms with Gasteiger partial charge in [0.2, 0.25) is 0 Å². The van der Waals surface area contributed by atoms with Gasteiger partial charge in [-0.2, -0.15) is 0 Å². The van der Waals surface area contributed by atoms with Gasteiger partial charge in [0.15, 0.2) is 0 Å². The van der Waals surface area contributed by atoms with Crippen LogP contribution in [0.4, 0.5) is 10.5 Å². The van der Waals surface area contributed by atoms with Crippen molar-refractivity contribution >= 4 is 11.7 Å². The lowest BCUT2D eigenvalue weighted by Gasteiger charge is -2.19. The van der Waals surface area contributed by atoms with E-state index in [1.165, 1.54) is 16.7 Å². The number of benzene rings is 2. The van der Waals surface area contributed by atoms with Gasteiger partial charge in [-0.3, -0.25) is 4.90 Å². The van der Waals surface area contributed by atoms with Crippen molar-refractivity contribution in [3.8, 4) is 11.5 Å². The predicted molar refractivity (Wildman–Crippen MR) is 96.8 cm³/mol. The number of urea groups is 1. The molecule has 5 heteroatoms.